The van der Waals surface area contributed by atoms with E-state index in [0.29, 0.717) is 12.5 Å². The van der Waals surface area contributed by atoms with Gasteiger partial charge in [-0.15, -0.1) is 0 Å². The number of thioether (sulfide) groups is 1. The summed E-state index contributed by atoms with van der Waals surface area (Å²) in [6.07, 6.45) is 2.95. The lowest BCUT2D eigenvalue weighted by molar-refractivity contribution is -0.133. The van der Waals surface area contributed by atoms with Crippen LogP contribution in [-0.2, 0) is 4.79 Å². The van der Waals surface area contributed by atoms with E-state index in [1.807, 2.05) is 36.0 Å². The number of carbonyl (C=O) groups excluding carboxylic acids is 1. The van der Waals surface area contributed by atoms with Crippen molar-refractivity contribution in [2.24, 2.45) is 0 Å². The molecule has 0 aliphatic carbocycles. The van der Waals surface area contributed by atoms with Gasteiger partial charge in [0, 0.05) is 35.5 Å². The minimum atomic E-state index is 0.190. The van der Waals surface area contributed by atoms with Gasteiger partial charge in [0.15, 0.2) is 0 Å². The summed E-state index contributed by atoms with van der Waals surface area (Å²) in [4.78, 5) is 14.7. The third-order valence-electron chi connectivity index (χ3n) is 4.29. The number of nitrogens with zero attached hydrogens (tertiary/aromatic N) is 1. The number of amides is 1. The van der Waals surface area contributed by atoms with Crippen LogP contribution >= 0.6 is 23.4 Å². The quantitative estimate of drug-likeness (QED) is 0.927. The van der Waals surface area contributed by atoms with Gasteiger partial charge in [0.2, 0.25) is 5.91 Å². The molecular weight excluding hydrogens is 304 g/mol. The number of rotatable bonds is 3. The highest BCUT2D eigenvalue weighted by atomic mass is 35.5. The number of nitrogens with one attached hydrogen (secondary N) is 1. The summed E-state index contributed by atoms with van der Waals surface area (Å²) < 4.78 is 0. The van der Waals surface area contributed by atoms with E-state index in [2.05, 4.69) is 10.2 Å². The fraction of sp³-hybridized carbons (Fsp3) is 0.562. The summed E-state index contributed by atoms with van der Waals surface area (Å²) in [6, 6.07) is 8.49. The maximum atomic E-state index is 12.7. The fourth-order valence-electron chi connectivity index (χ4n) is 3.12. The Labute approximate surface area is 135 Å². The molecule has 2 aliphatic rings. The number of halogens is 1. The van der Waals surface area contributed by atoms with Gasteiger partial charge < -0.3 is 10.2 Å². The first-order valence-electron chi connectivity index (χ1n) is 7.60. The molecule has 0 saturated carbocycles. The van der Waals surface area contributed by atoms with Crippen LogP contribution in [0.25, 0.3) is 0 Å². The molecule has 1 amide bonds. The molecule has 0 bridgehead atoms. The third kappa shape index (κ3) is 3.74. The Morgan fingerprint density at radius 2 is 2.19 bits per heavy atom. The molecule has 0 aromatic heterocycles. The second-order valence-electron chi connectivity index (χ2n) is 5.73. The maximum absolute atomic E-state index is 12.7. The van der Waals surface area contributed by atoms with Crippen molar-refractivity contribution in [1.29, 1.82) is 0 Å². The number of benzene rings is 1. The molecule has 1 aromatic carbocycles. The maximum Gasteiger partial charge on any atom is 0.224 e. The van der Waals surface area contributed by atoms with Crippen molar-refractivity contribution >= 4 is 29.3 Å². The molecule has 2 unspecified atom stereocenters. The zero-order chi connectivity index (χ0) is 14.7. The molecule has 114 valence electrons. The summed E-state index contributed by atoms with van der Waals surface area (Å²) in [6.45, 7) is 1.90. The van der Waals surface area contributed by atoms with E-state index in [1.54, 1.807) is 0 Å². The van der Waals surface area contributed by atoms with E-state index in [4.69, 9.17) is 11.6 Å². The molecule has 2 fully saturated rings. The zero-order valence-electron chi connectivity index (χ0n) is 12.1. The molecule has 1 N–H and O–H groups in total. The molecular formula is C16H21ClN2OS. The van der Waals surface area contributed by atoms with Crippen molar-refractivity contribution in [3.05, 3.63) is 34.9 Å². The number of carbonyl (C=O) groups is 1. The Hall–Kier alpha value is -0.710. The standard InChI is InChI=1S/C16H21ClN2OS/c17-13-5-3-12(4-6-13)15-11-21-9-8-19(15)16(20)10-14-2-1-7-18-14/h3-6,14-15,18H,1-2,7-11H2. The second-order valence-corrected chi connectivity index (χ2v) is 7.31. The van der Waals surface area contributed by atoms with Gasteiger partial charge in [-0.05, 0) is 37.1 Å². The van der Waals surface area contributed by atoms with Crippen molar-refractivity contribution in [2.45, 2.75) is 31.3 Å². The Balaban J connectivity index is 1.71. The Morgan fingerprint density at radius 1 is 1.38 bits per heavy atom. The number of hydrogen-bond donors (Lipinski definition) is 1. The van der Waals surface area contributed by atoms with Crippen LogP contribution in [0.2, 0.25) is 5.02 Å². The van der Waals surface area contributed by atoms with Gasteiger partial charge in [0.25, 0.3) is 0 Å². The Morgan fingerprint density at radius 3 is 2.90 bits per heavy atom. The molecule has 3 nitrogen and oxygen atoms in total. The van der Waals surface area contributed by atoms with E-state index in [9.17, 15) is 4.79 Å². The van der Waals surface area contributed by atoms with E-state index < -0.39 is 0 Å². The lowest BCUT2D eigenvalue weighted by Crippen LogP contribution is -2.43. The zero-order valence-corrected chi connectivity index (χ0v) is 13.6. The molecule has 3 rings (SSSR count). The minimum absolute atomic E-state index is 0.190. The molecule has 0 radical (unpaired) electrons. The summed E-state index contributed by atoms with van der Waals surface area (Å²) >= 11 is 7.89. The van der Waals surface area contributed by atoms with E-state index >= 15 is 0 Å². The van der Waals surface area contributed by atoms with Crippen LogP contribution in [0.5, 0.6) is 0 Å². The molecule has 0 spiro atoms. The van der Waals surface area contributed by atoms with Crippen LogP contribution in [0.15, 0.2) is 24.3 Å². The van der Waals surface area contributed by atoms with Crippen molar-refractivity contribution in [3.63, 3.8) is 0 Å². The molecule has 1 aromatic rings. The normalized spacial score (nSPS) is 26.0. The molecule has 2 heterocycles. The molecule has 2 aliphatic heterocycles. The molecule has 2 saturated heterocycles. The first-order chi connectivity index (χ1) is 10.2. The molecule has 2 atom stereocenters. The highest BCUT2D eigenvalue weighted by molar-refractivity contribution is 7.99. The minimum Gasteiger partial charge on any atom is -0.334 e. The van der Waals surface area contributed by atoms with Crippen molar-refractivity contribution in [2.75, 3.05) is 24.6 Å². The van der Waals surface area contributed by atoms with Gasteiger partial charge in [0.1, 0.15) is 0 Å². The topological polar surface area (TPSA) is 32.3 Å². The fourth-order valence-corrected chi connectivity index (χ4v) is 4.34. The average molecular weight is 325 g/mol. The summed E-state index contributed by atoms with van der Waals surface area (Å²) in [5.74, 6) is 2.30. The van der Waals surface area contributed by atoms with Crippen molar-refractivity contribution in [3.8, 4) is 0 Å². The van der Waals surface area contributed by atoms with Crippen LogP contribution in [0, 0.1) is 0 Å². The number of hydrogen-bond acceptors (Lipinski definition) is 3. The predicted molar refractivity (Wildman–Crippen MR) is 88.9 cm³/mol. The van der Waals surface area contributed by atoms with Gasteiger partial charge in [0.05, 0.1) is 6.04 Å². The highest BCUT2D eigenvalue weighted by Crippen LogP contribution is 2.31. The summed E-state index contributed by atoms with van der Waals surface area (Å²) in [5.41, 5.74) is 1.19. The second kappa shape index (κ2) is 7.03. The van der Waals surface area contributed by atoms with Gasteiger partial charge in [-0.25, -0.2) is 0 Å². The smallest absolute Gasteiger partial charge is 0.224 e. The van der Waals surface area contributed by atoms with Crippen LogP contribution in [0.4, 0.5) is 0 Å². The average Bonchev–Trinajstić information content (AvgIpc) is 3.01. The first-order valence-corrected chi connectivity index (χ1v) is 9.13. The van der Waals surface area contributed by atoms with Crippen LogP contribution in [0.3, 0.4) is 0 Å². The van der Waals surface area contributed by atoms with Crippen LogP contribution < -0.4 is 5.32 Å². The monoisotopic (exact) mass is 324 g/mol. The van der Waals surface area contributed by atoms with Gasteiger partial charge in [-0.2, -0.15) is 11.8 Å². The van der Waals surface area contributed by atoms with Crippen molar-refractivity contribution in [1.82, 2.24) is 10.2 Å². The predicted octanol–water partition coefficient (Wildman–Crippen LogP) is 3.10. The van der Waals surface area contributed by atoms with Crippen molar-refractivity contribution < 1.29 is 4.79 Å². The van der Waals surface area contributed by atoms with Gasteiger partial charge in [-0.3, -0.25) is 4.79 Å². The first kappa shape index (κ1) is 15.2. The van der Waals surface area contributed by atoms with E-state index in [-0.39, 0.29) is 11.9 Å². The Kier molecular flexibility index (Phi) is 5.09. The van der Waals surface area contributed by atoms with Crippen LogP contribution in [0.1, 0.15) is 30.9 Å². The lowest BCUT2D eigenvalue weighted by atomic mass is 10.0. The summed E-state index contributed by atoms with van der Waals surface area (Å²) in [5, 5.41) is 4.16. The highest BCUT2D eigenvalue weighted by Gasteiger charge is 2.30. The summed E-state index contributed by atoms with van der Waals surface area (Å²) in [7, 11) is 0. The molecule has 5 heteroatoms. The van der Waals surface area contributed by atoms with E-state index in [1.165, 1.54) is 12.0 Å². The van der Waals surface area contributed by atoms with E-state index in [0.717, 1.165) is 36.0 Å². The third-order valence-corrected chi connectivity index (χ3v) is 5.56. The lowest BCUT2D eigenvalue weighted by Gasteiger charge is -2.36. The van der Waals surface area contributed by atoms with Crippen LogP contribution in [-0.4, -0.2) is 41.4 Å². The molecule has 21 heavy (non-hydrogen) atoms. The van der Waals surface area contributed by atoms with Gasteiger partial charge in [-0.1, -0.05) is 23.7 Å². The largest absolute Gasteiger partial charge is 0.334 e. The Bertz CT molecular complexity index is 488. The SMILES string of the molecule is O=C(CC1CCCN1)N1CCSCC1c1ccc(Cl)cc1. The van der Waals surface area contributed by atoms with Gasteiger partial charge >= 0.3 is 0 Å².